The van der Waals surface area contributed by atoms with Crippen molar-refractivity contribution in [2.24, 2.45) is 0 Å². The molecule has 0 heterocycles. The zero-order valence-corrected chi connectivity index (χ0v) is 27.2. The van der Waals surface area contributed by atoms with Crippen molar-refractivity contribution in [2.75, 3.05) is 13.1 Å². The van der Waals surface area contributed by atoms with E-state index in [1.54, 1.807) is 30.3 Å². The number of carbonyl (C=O) groups is 3. The van der Waals surface area contributed by atoms with E-state index >= 15 is 0 Å². The van der Waals surface area contributed by atoms with Crippen LogP contribution in [-0.2, 0) is 28.8 Å². The molecule has 0 saturated carbocycles. The largest absolute Gasteiger partial charge is 0.480 e. The van der Waals surface area contributed by atoms with Gasteiger partial charge in [-0.15, -0.1) is 4.72 Å². The van der Waals surface area contributed by atoms with Crippen molar-refractivity contribution in [3.05, 3.63) is 150 Å². The predicted octanol–water partition coefficient (Wildman–Crippen LogP) is 7.53. The van der Waals surface area contributed by atoms with Crippen LogP contribution in [0.1, 0.15) is 31.8 Å². The van der Waals surface area contributed by atoms with Crippen LogP contribution in [0.3, 0.4) is 0 Å². The number of halogens is 3. The highest BCUT2D eigenvalue weighted by molar-refractivity contribution is 7.89. The molecule has 2 atom stereocenters. The Labute approximate surface area is 289 Å². The van der Waals surface area contributed by atoms with E-state index in [2.05, 4.69) is 4.72 Å². The molecule has 50 heavy (non-hydrogen) atoms. The molecule has 5 rings (SSSR count). The first-order chi connectivity index (χ1) is 23.9. The van der Waals surface area contributed by atoms with E-state index in [1.807, 2.05) is 42.5 Å². The molecule has 0 aliphatic rings. The highest BCUT2D eigenvalue weighted by atomic mass is 32.2. The number of rotatable bonds is 13. The third-order valence-electron chi connectivity index (χ3n) is 8.01. The van der Waals surface area contributed by atoms with Gasteiger partial charge in [0.25, 0.3) is 17.3 Å². The molecule has 0 fully saturated rings. The fourth-order valence-electron chi connectivity index (χ4n) is 5.39. The number of carboxylic acids is 2. The van der Waals surface area contributed by atoms with Crippen LogP contribution in [-0.4, -0.2) is 56.6 Å². The number of carboxylic acid groups (broad SMARTS) is 2. The highest BCUT2D eigenvalue weighted by Gasteiger charge is 2.33. The molecule has 0 radical (unpaired) electrons. The molecule has 5 aromatic carbocycles. The van der Waals surface area contributed by atoms with Crippen LogP contribution in [0.4, 0.5) is 13.2 Å². The second kappa shape index (κ2) is 15.9. The lowest BCUT2D eigenvalue weighted by Crippen LogP contribution is -2.49. The number of carbonyl (C=O) groups excluding carboxylic acids is 1. The fourth-order valence-corrected chi connectivity index (χ4v) is 6.40. The van der Waals surface area contributed by atoms with Crippen LogP contribution in [0.15, 0.2) is 132 Å². The zero-order valence-electron chi connectivity index (χ0n) is 26.4. The summed E-state index contributed by atoms with van der Waals surface area (Å²) in [6.45, 7) is -0.252. The van der Waals surface area contributed by atoms with Crippen LogP contribution in [0.25, 0.3) is 22.3 Å². The first kappa shape index (κ1) is 35.9. The minimum atomic E-state index is -4.48. The molecular formula is C38H32F3N2O6S+. The molecule has 0 saturated heterocycles. The van der Waals surface area contributed by atoms with E-state index in [-0.39, 0.29) is 35.5 Å². The van der Waals surface area contributed by atoms with Crippen molar-refractivity contribution < 1.29 is 42.3 Å². The zero-order chi connectivity index (χ0) is 35.8. The summed E-state index contributed by atoms with van der Waals surface area (Å²) in [6, 6.07) is 32.2. The minimum absolute atomic E-state index is 0.0353. The third-order valence-corrected chi connectivity index (χ3v) is 9.26. The Balaban J connectivity index is 1.39. The lowest BCUT2D eigenvalue weighted by atomic mass is 9.99. The van der Waals surface area contributed by atoms with Crippen LogP contribution in [0.5, 0.6) is 0 Å². The van der Waals surface area contributed by atoms with Gasteiger partial charge in [-0.2, -0.15) is 17.7 Å². The average molecular weight is 702 g/mol. The third kappa shape index (κ3) is 8.77. The van der Waals surface area contributed by atoms with Crippen molar-refractivity contribution in [2.45, 2.75) is 23.5 Å². The van der Waals surface area contributed by atoms with Gasteiger partial charge in [0, 0.05) is 18.5 Å². The standard InChI is InChI=1S/C38H31F3N2O6S/c39-38(40,41)31-20-18-29(19-21-31)28-14-16-30(17-15-28)35(44)43(23-22-42-50(49)34-9-5-4-8-32(34)36(45)46)33(37(47)48)24-25-10-12-27(13-11-25)26-6-2-1-3-7-26/h1-21,33,42,49H,22-24H2,(H-,45,46,47,48)/p+1/t33-,50?/m0/s1. The van der Waals surface area contributed by atoms with Gasteiger partial charge in [0.2, 0.25) is 4.90 Å². The maximum Gasteiger partial charge on any atom is 0.416 e. The number of nitrogens with one attached hydrogen (secondary N) is 1. The smallest absolute Gasteiger partial charge is 0.416 e. The number of hydrogen-bond donors (Lipinski definition) is 4. The molecule has 12 heteroatoms. The maximum absolute atomic E-state index is 14.0. The van der Waals surface area contributed by atoms with E-state index in [9.17, 15) is 42.3 Å². The summed E-state index contributed by atoms with van der Waals surface area (Å²) in [6.07, 6.45) is -4.51. The van der Waals surface area contributed by atoms with Gasteiger partial charge in [-0.3, -0.25) is 4.79 Å². The van der Waals surface area contributed by atoms with Crippen molar-refractivity contribution in [1.82, 2.24) is 9.62 Å². The van der Waals surface area contributed by atoms with Gasteiger partial charge in [-0.05, 0) is 64.2 Å². The summed E-state index contributed by atoms with van der Waals surface area (Å²) in [5.41, 5.74) is 2.89. The van der Waals surface area contributed by atoms with Crippen LogP contribution < -0.4 is 4.72 Å². The second-order valence-corrected chi connectivity index (χ2v) is 12.6. The molecule has 1 amide bonds. The molecule has 0 aromatic heterocycles. The van der Waals surface area contributed by atoms with Gasteiger partial charge >= 0.3 is 18.1 Å². The number of aromatic carboxylic acids is 1. The van der Waals surface area contributed by atoms with Crippen LogP contribution in [0, 0.1) is 0 Å². The molecule has 0 aliphatic heterocycles. The number of alkyl halides is 3. The summed E-state index contributed by atoms with van der Waals surface area (Å²) < 4.78 is 52.7. The summed E-state index contributed by atoms with van der Waals surface area (Å²) in [5, 5.41) is 19.9. The van der Waals surface area contributed by atoms with Gasteiger partial charge in [0.1, 0.15) is 11.6 Å². The Bertz CT molecular complexity index is 1940. The van der Waals surface area contributed by atoms with E-state index in [4.69, 9.17) is 0 Å². The summed E-state index contributed by atoms with van der Waals surface area (Å²) in [7, 11) is 0. The first-order valence-corrected chi connectivity index (χ1v) is 16.6. The number of aliphatic carboxylic acids is 1. The van der Waals surface area contributed by atoms with Crippen molar-refractivity contribution in [3.63, 3.8) is 0 Å². The molecule has 256 valence electrons. The number of amides is 1. The first-order valence-electron chi connectivity index (χ1n) is 15.4. The highest BCUT2D eigenvalue weighted by Crippen LogP contribution is 2.31. The van der Waals surface area contributed by atoms with Crippen LogP contribution in [0.2, 0.25) is 0 Å². The fraction of sp³-hybridized carbons (Fsp3) is 0.132. The average Bonchev–Trinajstić information content (AvgIpc) is 3.12. The monoisotopic (exact) mass is 701 g/mol. The van der Waals surface area contributed by atoms with Gasteiger partial charge < -0.3 is 15.1 Å². The summed E-state index contributed by atoms with van der Waals surface area (Å²) in [4.78, 5) is 39.7. The quantitative estimate of drug-likeness (QED) is 0.0935. The topological polar surface area (TPSA) is 127 Å². The normalized spacial score (nSPS) is 12.6. The molecule has 0 aliphatic carbocycles. The second-order valence-electron chi connectivity index (χ2n) is 11.3. The molecule has 5 aromatic rings. The Morgan fingerprint density at radius 2 is 1.22 bits per heavy atom. The van der Waals surface area contributed by atoms with E-state index in [0.29, 0.717) is 16.7 Å². The Kier molecular flexibility index (Phi) is 11.4. The predicted molar refractivity (Wildman–Crippen MR) is 185 cm³/mol. The number of nitrogens with zero attached hydrogens (tertiary/aromatic N) is 1. The summed E-state index contributed by atoms with van der Waals surface area (Å²) in [5.74, 6) is -3.11. The summed E-state index contributed by atoms with van der Waals surface area (Å²) >= 11 is -1.74. The van der Waals surface area contributed by atoms with Gasteiger partial charge in [0.15, 0.2) is 0 Å². The van der Waals surface area contributed by atoms with E-state index in [1.165, 1.54) is 47.4 Å². The Morgan fingerprint density at radius 1 is 0.700 bits per heavy atom. The molecule has 0 spiro atoms. The van der Waals surface area contributed by atoms with Gasteiger partial charge in [-0.25, -0.2) is 9.59 Å². The van der Waals surface area contributed by atoms with Crippen LogP contribution >= 0.6 is 0 Å². The van der Waals surface area contributed by atoms with Crippen molar-refractivity contribution in [3.8, 4) is 22.3 Å². The maximum atomic E-state index is 14.0. The number of benzene rings is 5. The van der Waals surface area contributed by atoms with Gasteiger partial charge in [-0.1, -0.05) is 91.0 Å². The lowest BCUT2D eigenvalue weighted by molar-refractivity contribution is -0.142. The molecule has 0 bridgehead atoms. The van der Waals surface area contributed by atoms with E-state index < -0.39 is 47.0 Å². The molecule has 1 unspecified atom stereocenters. The Hall–Kier alpha value is -5.43. The number of hydrogen-bond acceptors (Lipinski definition) is 5. The Morgan fingerprint density at radius 3 is 1.78 bits per heavy atom. The van der Waals surface area contributed by atoms with E-state index in [0.717, 1.165) is 23.3 Å². The SMILES string of the molecule is O=C(O)c1ccccc1[S+](O)NCCN(C(=O)c1ccc(-c2ccc(C(F)(F)F)cc2)cc1)[C@@H](Cc1ccc(-c2ccccc2)cc1)C(=O)O. The molecular weight excluding hydrogens is 669 g/mol. The molecule has 8 nitrogen and oxygen atoms in total. The molecule has 4 N–H and O–H groups in total. The van der Waals surface area contributed by atoms with Gasteiger partial charge in [0.05, 0.1) is 12.1 Å². The van der Waals surface area contributed by atoms with Crippen molar-refractivity contribution >= 4 is 29.2 Å². The lowest BCUT2D eigenvalue weighted by Gasteiger charge is -2.29. The minimum Gasteiger partial charge on any atom is -0.480 e. The van der Waals surface area contributed by atoms with Crippen molar-refractivity contribution in [1.29, 1.82) is 0 Å².